The summed E-state index contributed by atoms with van der Waals surface area (Å²) in [7, 11) is 0. The lowest BCUT2D eigenvalue weighted by molar-refractivity contribution is 0.0904. The van der Waals surface area contributed by atoms with Gasteiger partial charge in [0.25, 0.3) is 0 Å². The van der Waals surface area contributed by atoms with Crippen molar-refractivity contribution in [2.24, 2.45) is 5.92 Å². The number of nitrogens with one attached hydrogen (secondary N) is 1. The summed E-state index contributed by atoms with van der Waals surface area (Å²) in [5, 5.41) is 4.22. The van der Waals surface area contributed by atoms with Crippen LogP contribution >= 0.6 is 0 Å². The van der Waals surface area contributed by atoms with E-state index in [1.807, 2.05) is 31.2 Å². The van der Waals surface area contributed by atoms with E-state index < -0.39 is 0 Å². The third kappa shape index (κ3) is 1.76. The van der Waals surface area contributed by atoms with Gasteiger partial charge in [-0.25, -0.2) is 0 Å². The van der Waals surface area contributed by atoms with Crippen molar-refractivity contribution < 1.29 is 9.21 Å². The first kappa shape index (κ1) is 10.5. The second-order valence-electron chi connectivity index (χ2n) is 4.66. The smallest absolute Gasteiger partial charge is 0.202 e. The van der Waals surface area contributed by atoms with Crippen LogP contribution in [0.3, 0.4) is 0 Å². The maximum atomic E-state index is 12.2. The van der Waals surface area contributed by atoms with Crippen molar-refractivity contribution in [3.05, 3.63) is 35.6 Å². The molecule has 1 aliphatic heterocycles. The van der Waals surface area contributed by atoms with E-state index in [0.29, 0.717) is 5.76 Å². The van der Waals surface area contributed by atoms with Crippen LogP contribution in [0.25, 0.3) is 11.0 Å². The molecule has 0 radical (unpaired) electrons. The Morgan fingerprint density at radius 2 is 2.35 bits per heavy atom. The van der Waals surface area contributed by atoms with E-state index in [9.17, 15) is 4.79 Å². The van der Waals surface area contributed by atoms with Crippen LogP contribution in [0.5, 0.6) is 0 Å². The Bertz CT molecular complexity index is 565. The van der Waals surface area contributed by atoms with E-state index in [1.54, 1.807) is 0 Å². The number of ketones is 1. The van der Waals surface area contributed by atoms with Crippen LogP contribution in [0.2, 0.25) is 0 Å². The molecule has 0 amide bonds. The summed E-state index contributed by atoms with van der Waals surface area (Å²) in [6.45, 7) is 3.70. The predicted molar refractivity (Wildman–Crippen MR) is 66.3 cm³/mol. The highest BCUT2D eigenvalue weighted by Gasteiger charge is 2.26. The molecule has 0 saturated carbocycles. The molecule has 1 N–H and O–H groups in total. The van der Waals surface area contributed by atoms with E-state index >= 15 is 0 Å². The van der Waals surface area contributed by atoms with E-state index in [1.165, 1.54) is 0 Å². The highest BCUT2D eigenvalue weighted by Crippen LogP contribution is 2.25. The Morgan fingerprint density at radius 3 is 3.06 bits per heavy atom. The van der Waals surface area contributed by atoms with Gasteiger partial charge in [-0.15, -0.1) is 0 Å². The highest BCUT2D eigenvalue weighted by atomic mass is 16.3. The van der Waals surface area contributed by atoms with Gasteiger partial charge in [0.15, 0.2) is 5.76 Å². The lowest BCUT2D eigenvalue weighted by Gasteiger charge is -2.03. The number of aryl methyl sites for hydroxylation is 1. The van der Waals surface area contributed by atoms with E-state index in [0.717, 1.165) is 36.0 Å². The van der Waals surface area contributed by atoms with Gasteiger partial charge in [-0.05, 0) is 31.5 Å². The summed E-state index contributed by atoms with van der Waals surface area (Å²) >= 11 is 0. The van der Waals surface area contributed by atoms with Crippen molar-refractivity contribution >= 4 is 16.8 Å². The molecule has 1 aliphatic rings. The summed E-state index contributed by atoms with van der Waals surface area (Å²) in [5.74, 6) is 0.712. The monoisotopic (exact) mass is 229 g/mol. The van der Waals surface area contributed by atoms with Crippen molar-refractivity contribution in [3.63, 3.8) is 0 Å². The molecular weight excluding hydrogens is 214 g/mol. The van der Waals surface area contributed by atoms with Crippen molar-refractivity contribution in [2.75, 3.05) is 13.1 Å². The molecule has 1 unspecified atom stereocenters. The van der Waals surface area contributed by atoms with Crippen LogP contribution in [-0.2, 0) is 0 Å². The first-order chi connectivity index (χ1) is 8.25. The molecule has 3 heteroatoms. The molecule has 1 fully saturated rings. The summed E-state index contributed by atoms with van der Waals surface area (Å²) in [5.41, 5.74) is 1.91. The van der Waals surface area contributed by atoms with Gasteiger partial charge in [-0.2, -0.15) is 0 Å². The summed E-state index contributed by atoms with van der Waals surface area (Å²) < 4.78 is 5.70. The average molecular weight is 229 g/mol. The predicted octanol–water partition coefficient (Wildman–Crippen LogP) is 2.53. The molecule has 0 bridgehead atoms. The first-order valence-electron chi connectivity index (χ1n) is 6.00. The van der Waals surface area contributed by atoms with Crippen LogP contribution in [0.4, 0.5) is 0 Å². The molecule has 0 spiro atoms. The second kappa shape index (κ2) is 4.00. The molecule has 1 aromatic carbocycles. The number of para-hydroxylation sites is 1. The van der Waals surface area contributed by atoms with Crippen molar-refractivity contribution in [3.8, 4) is 0 Å². The van der Waals surface area contributed by atoms with Gasteiger partial charge in [0.1, 0.15) is 5.58 Å². The van der Waals surface area contributed by atoms with Gasteiger partial charge in [-0.1, -0.05) is 18.2 Å². The van der Waals surface area contributed by atoms with Crippen LogP contribution < -0.4 is 5.32 Å². The van der Waals surface area contributed by atoms with E-state index in [4.69, 9.17) is 4.42 Å². The molecule has 2 heterocycles. The SMILES string of the molecule is Cc1cccc2cc(C(=O)C3CCNC3)oc12. The number of hydrogen-bond donors (Lipinski definition) is 1. The van der Waals surface area contributed by atoms with Crippen molar-refractivity contribution in [1.82, 2.24) is 5.32 Å². The van der Waals surface area contributed by atoms with Crippen molar-refractivity contribution in [1.29, 1.82) is 0 Å². The van der Waals surface area contributed by atoms with Gasteiger partial charge >= 0.3 is 0 Å². The van der Waals surface area contributed by atoms with Gasteiger partial charge in [-0.3, -0.25) is 4.79 Å². The number of rotatable bonds is 2. The highest BCUT2D eigenvalue weighted by molar-refractivity contribution is 5.99. The lowest BCUT2D eigenvalue weighted by Crippen LogP contribution is -2.17. The molecule has 1 saturated heterocycles. The third-order valence-corrected chi connectivity index (χ3v) is 3.41. The molecule has 88 valence electrons. The molecule has 0 aliphatic carbocycles. The zero-order valence-corrected chi connectivity index (χ0v) is 9.82. The third-order valence-electron chi connectivity index (χ3n) is 3.41. The molecule has 2 aromatic rings. The maximum absolute atomic E-state index is 12.2. The van der Waals surface area contributed by atoms with E-state index in [-0.39, 0.29) is 11.7 Å². The standard InChI is InChI=1S/C14H15NO2/c1-9-3-2-4-10-7-12(17-14(9)10)13(16)11-5-6-15-8-11/h2-4,7,11,15H,5-6,8H2,1H3. The Hall–Kier alpha value is -1.61. The minimum atomic E-state index is 0.0795. The van der Waals surface area contributed by atoms with Crippen LogP contribution in [0.1, 0.15) is 22.5 Å². The topological polar surface area (TPSA) is 42.2 Å². The Kier molecular flexibility index (Phi) is 2.48. The normalized spacial score (nSPS) is 19.9. The Balaban J connectivity index is 2.00. The van der Waals surface area contributed by atoms with Crippen LogP contribution in [0, 0.1) is 12.8 Å². The number of hydrogen-bond acceptors (Lipinski definition) is 3. The number of carbonyl (C=O) groups is 1. The molecule has 3 rings (SSSR count). The zero-order chi connectivity index (χ0) is 11.8. The second-order valence-corrected chi connectivity index (χ2v) is 4.66. The van der Waals surface area contributed by atoms with Gasteiger partial charge in [0.05, 0.1) is 0 Å². The fourth-order valence-electron chi connectivity index (χ4n) is 2.41. The molecule has 17 heavy (non-hydrogen) atoms. The fraction of sp³-hybridized carbons (Fsp3) is 0.357. The Morgan fingerprint density at radius 1 is 1.47 bits per heavy atom. The Labute approximate surface area is 99.8 Å². The average Bonchev–Trinajstić information content (AvgIpc) is 2.98. The number of carbonyl (C=O) groups excluding carboxylic acids is 1. The van der Waals surface area contributed by atoms with E-state index in [2.05, 4.69) is 5.32 Å². The van der Waals surface area contributed by atoms with Crippen LogP contribution in [-0.4, -0.2) is 18.9 Å². The number of furan rings is 1. The molecule has 1 atom stereocenters. The largest absolute Gasteiger partial charge is 0.453 e. The quantitative estimate of drug-likeness (QED) is 0.805. The van der Waals surface area contributed by atoms with Crippen LogP contribution in [0.15, 0.2) is 28.7 Å². The fourth-order valence-corrected chi connectivity index (χ4v) is 2.41. The zero-order valence-electron chi connectivity index (χ0n) is 9.82. The molecular formula is C14H15NO2. The molecule has 1 aromatic heterocycles. The van der Waals surface area contributed by atoms with Gasteiger partial charge < -0.3 is 9.73 Å². The number of fused-ring (bicyclic) bond motifs is 1. The maximum Gasteiger partial charge on any atom is 0.202 e. The number of benzene rings is 1. The molecule has 3 nitrogen and oxygen atoms in total. The minimum Gasteiger partial charge on any atom is -0.453 e. The summed E-state index contributed by atoms with van der Waals surface area (Å²) in [6, 6.07) is 7.83. The minimum absolute atomic E-state index is 0.0795. The van der Waals surface area contributed by atoms with Crippen molar-refractivity contribution in [2.45, 2.75) is 13.3 Å². The first-order valence-corrected chi connectivity index (χ1v) is 6.00. The van der Waals surface area contributed by atoms with Gasteiger partial charge in [0.2, 0.25) is 5.78 Å². The summed E-state index contributed by atoms with van der Waals surface area (Å²) in [4.78, 5) is 12.2. The van der Waals surface area contributed by atoms with Gasteiger partial charge in [0, 0.05) is 17.8 Å². The summed E-state index contributed by atoms with van der Waals surface area (Å²) in [6.07, 6.45) is 0.912. The number of Topliss-reactive ketones (excluding diaryl/α,β-unsaturated/α-hetero) is 1. The lowest BCUT2D eigenvalue weighted by atomic mass is 10.0.